The Labute approximate surface area is 160 Å². The number of carbonyl (C=O) groups is 2. The predicted octanol–water partition coefficient (Wildman–Crippen LogP) is 1.91. The van der Waals surface area contributed by atoms with Gasteiger partial charge in [-0.1, -0.05) is 6.42 Å². The fourth-order valence-corrected chi connectivity index (χ4v) is 3.55. The quantitative estimate of drug-likeness (QED) is 0.534. The Kier molecular flexibility index (Phi) is 6.68. The van der Waals surface area contributed by atoms with E-state index in [1.54, 1.807) is 25.1 Å². The molecule has 0 spiro atoms. The molecule has 1 aromatic rings. The molecule has 27 heavy (non-hydrogen) atoms. The average Bonchev–Trinajstić information content (AvgIpc) is 3.14. The van der Waals surface area contributed by atoms with E-state index < -0.39 is 6.04 Å². The maximum absolute atomic E-state index is 12.6. The fraction of sp³-hybridized carbons (Fsp3) is 0.600. The van der Waals surface area contributed by atoms with Crippen molar-refractivity contribution in [3.63, 3.8) is 0 Å². The van der Waals surface area contributed by atoms with Crippen LogP contribution >= 0.6 is 0 Å². The Hall–Kier alpha value is -2.12. The summed E-state index contributed by atoms with van der Waals surface area (Å²) in [6.45, 7) is 6.79. The molecule has 0 radical (unpaired) electrons. The molecule has 2 atom stereocenters. The molecule has 2 heterocycles. The van der Waals surface area contributed by atoms with Crippen LogP contribution < -0.4 is 20.1 Å². The van der Waals surface area contributed by atoms with Crippen LogP contribution in [0.1, 0.15) is 49.9 Å². The lowest BCUT2D eigenvalue weighted by atomic mass is 10.0. The highest BCUT2D eigenvalue weighted by Gasteiger charge is 2.21. The average molecular weight is 375 g/mol. The van der Waals surface area contributed by atoms with Gasteiger partial charge in [0.25, 0.3) is 0 Å². The number of hydrogen-bond acceptors (Lipinski definition) is 6. The number of ketones is 1. The maximum atomic E-state index is 12.6. The minimum absolute atomic E-state index is 0.00306. The van der Waals surface area contributed by atoms with Crippen molar-refractivity contribution in [1.82, 2.24) is 15.5 Å². The van der Waals surface area contributed by atoms with Gasteiger partial charge in [0.2, 0.25) is 12.7 Å². The molecule has 2 unspecified atom stereocenters. The molecule has 0 saturated carbocycles. The van der Waals surface area contributed by atoms with Gasteiger partial charge in [-0.15, -0.1) is 0 Å². The molecular weight excluding hydrogens is 346 g/mol. The summed E-state index contributed by atoms with van der Waals surface area (Å²) in [5.41, 5.74) is 0.558. The molecule has 1 amide bonds. The number of rotatable bonds is 8. The van der Waals surface area contributed by atoms with Crippen molar-refractivity contribution in [3.8, 4) is 11.5 Å². The second kappa shape index (κ2) is 9.19. The molecule has 7 heteroatoms. The van der Waals surface area contributed by atoms with Crippen molar-refractivity contribution in [2.24, 2.45) is 0 Å². The smallest absolute Gasteiger partial charge is 0.231 e. The summed E-state index contributed by atoms with van der Waals surface area (Å²) in [7, 11) is 0. The molecule has 0 aromatic heterocycles. The number of ether oxygens (including phenoxy) is 2. The van der Waals surface area contributed by atoms with E-state index in [2.05, 4.69) is 15.5 Å². The molecule has 2 N–H and O–H groups in total. The highest BCUT2D eigenvalue weighted by atomic mass is 16.7. The van der Waals surface area contributed by atoms with E-state index in [1.807, 2.05) is 6.92 Å². The summed E-state index contributed by atoms with van der Waals surface area (Å²) in [4.78, 5) is 27.1. The Bertz CT molecular complexity index is 673. The standard InChI is InChI=1S/C20H29N3O4/c1-14(20(25)16-6-7-17-18(12-16)27-13-26-17)21-15(2)22-19(24)8-11-23-9-4-3-5-10-23/h6-7,12,14-15,21H,3-5,8-11,13H2,1-2H3,(H,22,24). The molecule has 3 rings (SSSR count). The number of Topliss-reactive ketones (excluding diaryl/α,β-unsaturated/α-hetero) is 1. The van der Waals surface area contributed by atoms with Gasteiger partial charge in [-0.3, -0.25) is 14.9 Å². The van der Waals surface area contributed by atoms with Gasteiger partial charge in [0.15, 0.2) is 17.3 Å². The number of fused-ring (bicyclic) bond motifs is 1. The monoisotopic (exact) mass is 375 g/mol. The van der Waals surface area contributed by atoms with E-state index in [9.17, 15) is 9.59 Å². The molecule has 0 bridgehead atoms. The lowest BCUT2D eigenvalue weighted by Gasteiger charge is -2.26. The van der Waals surface area contributed by atoms with Crippen LogP contribution in [-0.2, 0) is 4.79 Å². The Morgan fingerprint density at radius 3 is 2.63 bits per heavy atom. The third-order valence-corrected chi connectivity index (χ3v) is 5.03. The van der Waals surface area contributed by atoms with Crippen molar-refractivity contribution in [3.05, 3.63) is 23.8 Å². The van der Waals surface area contributed by atoms with Gasteiger partial charge in [-0.25, -0.2) is 0 Å². The van der Waals surface area contributed by atoms with Gasteiger partial charge in [-0.2, -0.15) is 0 Å². The number of nitrogens with one attached hydrogen (secondary N) is 2. The maximum Gasteiger partial charge on any atom is 0.231 e. The zero-order valence-corrected chi connectivity index (χ0v) is 16.1. The predicted molar refractivity (Wildman–Crippen MR) is 102 cm³/mol. The van der Waals surface area contributed by atoms with Crippen LogP contribution in [0.4, 0.5) is 0 Å². The summed E-state index contributed by atoms with van der Waals surface area (Å²) >= 11 is 0. The number of benzene rings is 1. The fourth-order valence-electron chi connectivity index (χ4n) is 3.55. The van der Waals surface area contributed by atoms with E-state index in [4.69, 9.17) is 9.47 Å². The van der Waals surface area contributed by atoms with E-state index in [-0.39, 0.29) is 24.6 Å². The summed E-state index contributed by atoms with van der Waals surface area (Å²) in [6.07, 6.45) is 3.93. The normalized spacial score (nSPS) is 18.7. The summed E-state index contributed by atoms with van der Waals surface area (Å²) in [5.74, 6) is 1.19. The zero-order valence-electron chi connectivity index (χ0n) is 16.1. The van der Waals surface area contributed by atoms with Crippen LogP contribution in [0, 0.1) is 0 Å². The second-order valence-electron chi connectivity index (χ2n) is 7.26. The zero-order chi connectivity index (χ0) is 19.2. The van der Waals surface area contributed by atoms with Gasteiger partial charge in [0.05, 0.1) is 12.2 Å². The molecule has 1 fully saturated rings. The van der Waals surface area contributed by atoms with Gasteiger partial charge >= 0.3 is 0 Å². The lowest BCUT2D eigenvalue weighted by Crippen LogP contribution is -2.49. The van der Waals surface area contributed by atoms with Gasteiger partial charge in [0, 0.05) is 18.5 Å². The lowest BCUT2D eigenvalue weighted by molar-refractivity contribution is -0.122. The van der Waals surface area contributed by atoms with Crippen LogP contribution in [0.5, 0.6) is 11.5 Å². The number of carbonyl (C=O) groups excluding carboxylic acids is 2. The summed E-state index contributed by atoms with van der Waals surface area (Å²) in [5, 5.41) is 6.07. The molecule has 1 saturated heterocycles. The van der Waals surface area contributed by atoms with Crippen molar-refractivity contribution < 1.29 is 19.1 Å². The number of amides is 1. The van der Waals surface area contributed by atoms with E-state index in [1.165, 1.54) is 19.3 Å². The Morgan fingerprint density at radius 1 is 1.11 bits per heavy atom. The number of likely N-dealkylation sites (tertiary alicyclic amines) is 1. The SMILES string of the molecule is CC(NC(=O)CCN1CCCCC1)NC(C)C(=O)c1ccc2c(c1)OCO2. The molecule has 1 aromatic carbocycles. The molecule has 2 aliphatic rings. The van der Waals surface area contributed by atoms with Crippen molar-refractivity contribution in [1.29, 1.82) is 0 Å². The first-order valence-electron chi connectivity index (χ1n) is 9.74. The third-order valence-electron chi connectivity index (χ3n) is 5.03. The molecule has 0 aliphatic carbocycles. The highest BCUT2D eigenvalue weighted by Crippen LogP contribution is 2.32. The first kappa shape index (κ1) is 19.6. The number of piperidine rings is 1. The largest absolute Gasteiger partial charge is 0.454 e. The minimum Gasteiger partial charge on any atom is -0.454 e. The van der Waals surface area contributed by atoms with Gasteiger partial charge in [0.1, 0.15) is 0 Å². The number of nitrogens with zero attached hydrogens (tertiary/aromatic N) is 1. The Balaban J connectivity index is 1.43. The third kappa shape index (κ3) is 5.43. The van der Waals surface area contributed by atoms with Crippen LogP contribution in [-0.4, -0.2) is 55.2 Å². The van der Waals surface area contributed by atoms with E-state index >= 15 is 0 Å². The molecule has 148 valence electrons. The van der Waals surface area contributed by atoms with Crippen LogP contribution in [0.15, 0.2) is 18.2 Å². The van der Waals surface area contributed by atoms with E-state index in [0.717, 1.165) is 19.6 Å². The van der Waals surface area contributed by atoms with Crippen LogP contribution in [0.25, 0.3) is 0 Å². The topological polar surface area (TPSA) is 79.9 Å². The van der Waals surface area contributed by atoms with Crippen molar-refractivity contribution in [2.45, 2.75) is 51.7 Å². The van der Waals surface area contributed by atoms with Crippen LogP contribution in [0.2, 0.25) is 0 Å². The van der Waals surface area contributed by atoms with Gasteiger partial charge in [-0.05, 0) is 58.0 Å². The highest BCUT2D eigenvalue weighted by molar-refractivity contribution is 6.00. The molecular formula is C20H29N3O4. The summed E-state index contributed by atoms with van der Waals surface area (Å²) < 4.78 is 10.6. The summed E-state index contributed by atoms with van der Waals surface area (Å²) in [6, 6.07) is 4.75. The van der Waals surface area contributed by atoms with Crippen molar-refractivity contribution >= 4 is 11.7 Å². The molecule has 2 aliphatic heterocycles. The second-order valence-corrected chi connectivity index (χ2v) is 7.26. The van der Waals surface area contributed by atoms with Crippen molar-refractivity contribution in [2.75, 3.05) is 26.4 Å². The first-order chi connectivity index (χ1) is 13.0. The van der Waals surface area contributed by atoms with E-state index in [0.29, 0.717) is 23.5 Å². The molecule has 7 nitrogen and oxygen atoms in total. The first-order valence-corrected chi connectivity index (χ1v) is 9.74. The van der Waals surface area contributed by atoms with Gasteiger partial charge < -0.3 is 19.7 Å². The minimum atomic E-state index is -0.428. The van der Waals surface area contributed by atoms with Crippen LogP contribution in [0.3, 0.4) is 0 Å². The Morgan fingerprint density at radius 2 is 1.85 bits per heavy atom. The number of hydrogen-bond donors (Lipinski definition) is 2.